The molecule has 0 aliphatic carbocycles. The van der Waals surface area contributed by atoms with Crippen molar-refractivity contribution < 1.29 is 0 Å². The van der Waals surface area contributed by atoms with E-state index in [1.165, 1.54) is 35.9 Å². The van der Waals surface area contributed by atoms with Gasteiger partial charge in [-0.25, -0.2) is 0 Å². The average Bonchev–Trinajstić information content (AvgIpc) is 2.28. The minimum Gasteiger partial charge on any atom is -0.317 e. The van der Waals surface area contributed by atoms with E-state index in [1.54, 1.807) is 0 Å². The van der Waals surface area contributed by atoms with Gasteiger partial charge in [0.05, 0.1) is 0 Å². The smallest absolute Gasteiger partial charge is 0.122 e. The topological polar surface area (TPSA) is 12.0 Å². The van der Waals surface area contributed by atoms with Gasteiger partial charge in [-0.1, -0.05) is 37.8 Å². The van der Waals surface area contributed by atoms with Crippen LogP contribution in [0, 0.1) is 13.8 Å². The molecule has 0 saturated heterocycles. The van der Waals surface area contributed by atoms with Crippen LogP contribution in [0.15, 0.2) is 12.1 Å². The van der Waals surface area contributed by atoms with E-state index in [0.717, 1.165) is 19.5 Å². The molecule has 16 heavy (non-hydrogen) atoms. The van der Waals surface area contributed by atoms with Crippen molar-refractivity contribution in [2.45, 2.75) is 40.3 Å². The molecule has 1 aromatic carbocycles. The van der Waals surface area contributed by atoms with Crippen molar-refractivity contribution in [3.63, 3.8) is 0 Å². The lowest BCUT2D eigenvalue weighted by atomic mass is 9.73. The van der Waals surface area contributed by atoms with Gasteiger partial charge in [0.1, 0.15) is 7.28 Å². The summed E-state index contributed by atoms with van der Waals surface area (Å²) in [5.41, 5.74) is 6.00. The molecule has 0 bridgehead atoms. The molecular weight excluding hydrogens is 193 g/mol. The molecule has 0 heterocycles. The van der Waals surface area contributed by atoms with Gasteiger partial charge < -0.3 is 5.32 Å². The lowest BCUT2D eigenvalue weighted by molar-refractivity contribution is 0.714. The normalized spacial score (nSPS) is 10.5. The summed E-state index contributed by atoms with van der Waals surface area (Å²) in [4.78, 5) is 0. The second-order valence-electron chi connectivity index (χ2n) is 4.49. The molecule has 0 amide bonds. The van der Waals surface area contributed by atoms with Crippen molar-refractivity contribution in [1.29, 1.82) is 0 Å². The Morgan fingerprint density at radius 2 is 1.75 bits per heavy atom. The molecule has 0 aromatic heterocycles. The van der Waals surface area contributed by atoms with E-state index < -0.39 is 0 Å². The Kier molecular flexibility index (Phi) is 5.61. The number of hydrogen-bond donors (Lipinski definition) is 1. The van der Waals surface area contributed by atoms with Gasteiger partial charge in [0.2, 0.25) is 0 Å². The van der Waals surface area contributed by atoms with Crippen LogP contribution in [-0.2, 0) is 12.7 Å². The molecule has 1 rings (SSSR count). The quantitative estimate of drug-likeness (QED) is 0.570. The summed E-state index contributed by atoms with van der Waals surface area (Å²) in [7, 11) is 1.23. The first-order chi connectivity index (χ1) is 7.70. The van der Waals surface area contributed by atoms with Gasteiger partial charge >= 0.3 is 0 Å². The largest absolute Gasteiger partial charge is 0.317 e. The van der Waals surface area contributed by atoms with Gasteiger partial charge in [-0.3, -0.25) is 0 Å². The summed E-state index contributed by atoms with van der Waals surface area (Å²) in [6.07, 6.45) is 2.35. The zero-order valence-corrected chi connectivity index (χ0v) is 11.2. The number of likely N-dealkylation sites (N-methyl/N-ethyl adjacent to an activating group) is 1. The third-order valence-corrected chi connectivity index (χ3v) is 3.35. The lowest BCUT2D eigenvalue weighted by Crippen LogP contribution is -2.16. The lowest BCUT2D eigenvalue weighted by Gasteiger charge is -2.13. The maximum atomic E-state index is 3.38. The van der Waals surface area contributed by atoms with Crippen LogP contribution in [0.2, 0.25) is 6.82 Å². The highest BCUT2D eigenvalue weighted by Crippen LogP contribution is 2.18. The summed E-state index contributed by atoms with van der Waals surface area (Å²) in [5.74, 6) is 0. The molecule has 0 atom stereocenters. The SMILES string of the molecule is CBCc1ccc(CCNCC)c(C)c1C. The minimum absolute atomic E-state index is 1.06. The van der Waals surface area contributed by atoms with Crippen LogP contribution < -0.4 is 5.32 Å². The Morgan fingerprint density at radius 1 is 1.12 bits per heavy atom. The fraction of sp³-hybridized carbons (Fsp3) is 0.571. The Labute approximate surface area is 101 Å². The molecule has 0 unspecified atom stereocenters. The molecule has 0 radical (unpaired) electrons. The molecule has 0 aliphatic heterocycles. The summed E-state index contributed by atoms with van der Waals surface area (Å²) in [6, 6.07) is 4.62. The van der Waals surface area contributed by atoms with Crippen LogP contribution >= 0.6 is 0 Å². The van der Waals surface area contributed by atoms with Crippen molar-refractivity contribution in [3.8, 4) is 0 Å². The summed E-state index contributed by atoms with van der Waals surface area (Å²) in [5, 5.41) is 3.38. The first-order valence-corrected chi connectivity index (χ1v) is 6.49. The summed E-state index contributed by atoms with van der Waals surface area (Å²) in [6.45, 7) is 11.1. The number of benzene rings is 1. The second-order valence-corrected chi connectivity index (χ2v) is 4.49. The fourth-order valence-corrected chi connectivity index (χ4v) is 2.14. The molecule has 1 nitrogen and oxygen atoms in total. The molecule has 1 N–H and O–H groups in total. The van der Waals surface area contributed by atoms with Crippen molar-refractivity contribution >= 4 is 7.28 Å². The molecule has 88 valence electrons. The van der Waals surface area contributed by atoms with Gasteiger partial charge in [0.15, 0.2) is 0 Å². The molecule has 0 spiro atoms. The van der Waals surface area contributed by atoms with E-state index in [4.69, 9.17) is 0 Å². The third-order valence-electron chi connectivity index (χ3n) is 3.35. The maximum Gasteiger partial charge on any atom is 0.122 e. The van der Waals surface area contributed by atoms with Crippen molar-refractivity contribution in [1.82, 2.24) is 5.32 Å². The predicted molar refractivity (Wildman–Crippen MR) is 74.9 cm³/mol. The van der Waals surface area contributed by atoms with Gasteiger partial charge in [-0.15, -0.1) is 0 Å². The Morgan fingerprint density at radius 3 is 2.38 bits per heavy atom. The molecule has 0 fully saturated rings. The first kappa shape index (κ1) is 13.3. The van der Waals surface area contributed by atoms with Gasteiger partial charge in [0.25, 0.3) is 0 Å². The zero-order chi connectivity index (χ0) is 12.0. The number of hydrogen-bond acceptors (Lipinski definition) is 1. The van der Waals surface area contributed by atoms with Crippen LogP contribution in [0.5, 0.6) is 0 Å². The molecule has 1 aromatic rings. The third kappa shape index (κ3) is 3.38. The van der Waals surface area contributed by atoms with Gasteiger partial charge in [-0.2, -0.15) is 0 Å². The number of nitrogens with one attached hydrogen (secondary N) is 1. The van der Waals surface area contributed by atoms with Gasteiger partial charge in [-0.05, 0) is 50.0 Å². The fourth-order valence-electron chi connectivity index (χ4n) is 2.14. The average molecular weight is 217 g/mol. The predicted octanol–water partition coefficient (Wildman–Crippen LogP) is 2.44. The van der Waals surface area contributed by atoms with E-state index in [-0.39, 0.29) is 0 Å². The van der Waals surface area contributed by atoms with E-state index in [9.17, 15) is 0 Å². The number of rotatable bonds is 6. The van der Waals surface area contributed by atoms with Crippen LogP contribution in [0.1, 0.15) is 29.2 Å². The van der Waals surface area contributed by atoms with Crippen LogP contribution in [-0.4, -0.2) is 20.4 Å². The maximum absolute atomic E-state index is 3.38. The van der Waals surface area contributed by atoms with Crippen molar-refractivity contribution in [3.05, 3.63) is 34.4 Å². The van der Waals surface area contributed by atoms with E-state index in [1.807, 2.05) is 0 Å². The molecular formula is C14H24BN. The Balaban J connectivity index is 2.76. The molecule has 2 heteroatoms. The van der Waals surface area contributed by atoms with Crippen LogP contribution in [0.4, 0.5) is 0 Å². The highest BCUT2D eigenvalue weighted by atomic mass is 14.8. The zero-order valence-electron chi connectivity index (χ0n) is 11.2. The molecule has 0 aliphatic rings. The van der Waals surface area contributed by atoms with Gasteiger partial charge in [0, 0.05) is 0 Å². The van der Waals surface area contributed by atoms with Crippen LogP contribution in [0.3, 0.4) is 0 Å². The summed E-state index contributed by atoms with van der Waals surface area (Å²) < 4.78 is 0. The van der Waals surface area contributed by atoms with Crippen LogP contribution in [0.25, 0.3) is 0 Å². The van der Waals surface area contributed by atoms with Crippen molar-refractivity contribution in [2.75, 3.05) is 13.1 Å². The summed E-state index contributed by atoms with van der Waals surface area (Å²) >= 11 is 0. The highest BCUT2D eigenvalue weighted by Gasteiger charge is 2.05. The first-order valence-electron chi connectivity index (χ1n) is 6.49. The van der Waals surface area contributed by atoms with E-state index in [2.05, 4.69) is 45.0 Å². The second kappa shape index (κ2) is 6.75. The molecule has 0 saturated carbocycles. The Hall–Kier alpha value is -0.755. The van der Waals surface area contributed by atoms with E-state index >= 15 is 0 Å². The van der Waals surface area contributed by atoms with Crippen molar-refractivity contribution in [2.24, 2.45) is 0 Å². The monoisotopic (exact) mass is 217 g/mol. The minimum atomic E-state index is 1.06. The van der Waals surface area contributed by atoms with E-state index in [0.29, 0.717) is 0 Å². The Bertz CT molecular complexity index is 334. The highest BCUT2D eigenvalue weighted by molar-refractivity contribution is 6.32. The standard InChI is InChI=1S/C14H24BN/c1-5-16-9-8-13-6-7-14(10-15-4)12(3)11(13)2/h6-7,15-16H,5,8-10H2,1-4H3.